The predicted molar refractivity (Wildman–Crippen MR) is 121 cm³/mol. The number of ether oxygens (including phenoxy) is 2. The molecular formula is C22H15F3N6O5. The van der Waals surface area contributed by atoms with Crippen molar-refractivity contribution in [2.24, 2.45) is 0 Å². The molecule has 0 atom stereocenters. The van der Waals surface area contributed by atoms with Crippen molar-refractivity contribution in [2.75, 3.05) is 19.5 Å². The van der Waals surface area contributed by atoms with Crippen molar-refractivity contribution in [3.05, 3.63) is 58.1 Å². The molecule has 0 fully saturated rings. The van der Waals surface area contributed by atoms with Crippen LogP contribution in [0, 0.1) is 0 Å². The van der Waals surface area contributed by atoms with Crippen LogP contribution in [0.3, 0.4) is 0 Å². The van der Waals surface area contributed by atoms with Crippen LogP contribution in [0.4, 0.5) is 24.8 Å². The number of alkyl halides is 3. The molecule has 0 unspecified atom stereocenters. The number of aromatic carboxylic acids is 1. The number of H-pyrrole nitrogens is 1. The molecule has 4 heterocycles. The predicted octanol–water partition coefficient (Wildman–Crippen LogP) is 3.60. The summed E-state index contributed by atoms with van der Waals surface area (Å²) in [5, 5.41) is 16.3. The second kappa shape index (κ2) is 8.11. The highest BCUT2D eigenvalue weighted by molar-refractivity contribution is 6.11. The number of nitrogens with one attached hydrogen (secondary N) is 2. The molecule has 0 spiro atoms. The molecule has 5 rings (SSSR count). The number of aromatic nitrogens is 5. The minimum atomic E-state index is -4.78. The van der Waals surface area contributed by atoms with Crippen molar-refractivity contribution in [2.45, 2.75) is 6.18 Å². The van der Waals surface area contributed by atoms with E-state index in [9.17, 15) is 27.9 Å². The average Bonchev–Trinajstić information content (AvgIpc) is 3.30. The fraction of sp³-hybridized carbons (Fsp3) is 0.136. The summed E-state index contributed by atoms with van der Waals surface area (Å²) in [6, 6.07) is 6.73. The van der Waals surface area contributed by atoms with Gasteiger partial charge in [-0.25, -0.2) is 14.3 Å². The van der Waals surface area contributed by atoms with E-state index in [0.29, 0.717) is 17.2 Å². The van der Waals surface area contributed by atoms with Crippen LogP contribution in [0.25, 0.3) is 27.5 Å². The maximum atomic E-state index is 13.5. The van der Waals surface area contributed by atoms with E-state index in [1.165, 1.54) is 20.4 Å². The molecule has 3 N–H and O–H groups in total. The number of nitrogens with zero attached hydrogens (tertiary/aromatic N) is 4. The third kappa shape index (κ3) is 3.77. The van der Waals surface area contributed by atoms with E-state index < -0.39 is 29.0 Å². The molecule has 0 amide bonds. The van der Waals surface area contributed by atoms with Gasteiger partial charge in [-0.2, -0.15) is 23.3 Å². The summed E-state index contributed by atoms with van der Waals surface area (Å²) in [4.78, 5) is 34.7. The van der Waals surface area contributed by atoms with Crippen molar-refractivity contribution >= 4 is 45.1 Å². The van der Waals surface area contributed by atoms with E-state index in [0.717, 1.165) is 16.6 Å². The van der Waals surface area contributed by atoms with Gasteiger partial charge >= 0.3 is 12.1 Å². The molecule has 0 radical (unpaired) electrons. The molecule has 0 bridgehead atoms. The maximum absolute atomic E-state index is 13.5. The van der Waals surface area contributed by atoms with E-state index in [2.05, 4.69) is 25.4 Å². The molecular weight excluding hydrogens is 485 g/mol. The lowest BCUT2D eigenvalue weighted by atomic mass is 10.1. The largest absolute Gasteiger partial charge is 0.497 e. The molecule has 1 aromatic carbocycles. The number of methoxy groups -OCH3 is 2. The number of hydrogen-bond acceptors (Lipinski definition) is 8. The standard InChI is InChI=1S/C22H15F3N6O5/c1-35-10-3-9(4-11(5-10)36-2)27-21-26-8-14-12-6-13(20(33)34)19(32)28-17(12)15-7-16(22(23,24)25)30-31(15)18(14)29-21/h3-8H,1-2H3,(H,28,32)(H,33,34)(H,26,27,29). The summed E-state index contributed by atoms with van der Waals surface area (Å²) in [5.74, 6) is -0.552. The number of fused-ring (bicyclic) bond motifs is 6. The summed E-state index contributed by atoms with van der Waals surface area (Å²) < 4.78 is 51.9. The van der Waals surface area contributed by atoms with Crippen LogP contribution in [-0.4, -0.2) is 49.9 Å². The number of halogens is 3. The van der Waals surface area contributed by atoms with Crippen LogP contribution in [0.1, 0.15) is 16.1 Å². The van der Waals surface area contributed by atoms with E-state index in [-0.39, 0.29) is 33.4 Å². The van der Waals surface area contributed by atoms with E-state index >= 15 is 0 Å². The Bertz CT molecular complexity index is 1720. The lowest BCUT2D eigenvalue weighted by Crippen LogP contribution is -2.17. The number of anilines is 2. The van der Waals surface area contributed by atoms with Gasteiger partial charge in [-0.1, -0.05) is 0 Å². The molecule has 36 heavy (non-hydrogen) atoms. The van der Waals surface area contributed by atoms with Gasteiger partial charge in [0, 0.05) is 40.9 Å². The Morgan fingerprint density at radius 3 is 2.39 bits per heavy atom. The number of hydrogen-bond donors (Lipinski definition) is 3. The number of carboxylic acid groups (broad SMARTS) is 1. The van der Waals surface area contributed by atoms with E-state index in [4.69, 9.17) is 9.47 Å². The number of benzene rings is 1. The molecule has 0 saturated heterocycles. The minimum absolute atomic E-state index is 0.00500. The number of aromatic amines is 1. The fourth-order valence-electron chi connectivity index (χ4n) is 3.76. The molecule has 0 saturated carbocycles. The van der Waals surface area contributed by atoms with Crippen LogP contribution in [-0.2, 0) is 6.18 Å². The van der Waals surface area contributed by atoms with E-state index in [1.807, 2.05) is 0 Å². The smallest absolute Gasteiger partial charge is 0.435 e. The van der Waals surface area contributed by atoms with Gasteiger partial charge in [-0.05, 0) is 12.1 Å². The normalized spacial score (nSPS) is 11.8. The fourth-order valence-corrected chi connectivity index (χ4v) is 3.76. The molecule has 184 valence electrons. The Hall–Kier alpha value is -4.88. The Morgan fingerprint density at radius 1 is 1.08 bits per heavy atom. The van der Waals surface area contributed by atoms with Gasteiger partial charge in [0.2, 0.25) is 5.95 Å². The van der Waals surface area contributed by atoms with E-state index in [1.54, 1.807) is 18.2 Å². The molecule has 0 aliphatic heterocycles. The van der Waals surface area contributed by atoms with Gasteiger partial charge in [-0.15, -0.1) is 0 Å². The van der Waals surface area contributed by atoms with Gasteiger partial charge < -0.3 is 24.9 Å². The van der Waals surface area contributed by atoms with Crippen LogP contribution < -0.4 is 20.3 Å². The van der Waals surface area contributed by atoms with Gasteiger partial charge in [0.05, 0.1) is 25.3 Å². The van der Waals surface area contributed by atoms with Crippen molar-refractivity contribution < 1.29 is 32.5 Å². The second-order valence-corrected chi connectivity index (χ2v) is 7.59. The highest BCUT2D eigenvalue weighted by Gasteiger charge is 2.35. The summed E-state index contributed by atoms with van der Waals surface area (Å²) in [5.41, 5.74) is -2.52. The summed E-state index contributed by atoms with van der Waals surface area (Å²) in [6.45, 7) is 0. The van der Waals surface area contributed by atoms with Crippen LogP contribution >= 0.6 is 0 Å². The lowest BCUT2D eigenvalue weighted by Gasteiger charge is -2.11. The number of carboxylic acids is 1. The first-order valence-corrected chi connectivity index (χ1v) is 10.1. The van der Waals surface area contributed by atoms with Crippen LogP contribution in [0.5, 0.6) is 11.5 Å². The monoisotopic (exact) mass is 500 g/mol. The lowest BCUT2D eigenvalue weighted by molar-refractivity contribution is -0.141. The zero-order valence-corrected chi connectivity index (χ0v) is 18.5. The quantitative estimate of drug-likeness (QED) is 0.308. The van der Waals surface area contributed by atoms with Crippen molar-refractivity contribution in [3.8, 4) is 11.5 Å². The molecule has 11 nitrogen and oxygen atoms in total. The number of carbonyl (C=O) groups is 1. The highest BCUT2D eigenvalue weighted by Crippen LogP contribution is 2.34. The third-order valence-corrected chi connectivity index (χ3v) is 5.39. The molecule has 0 aliphatic rings. The summed E-state index contributed by atoms with van der Waals surface area (Å²) >= 11 is 0. The van der Waals surface area contributed by atoms with Crippen molar-refractivity contribution in [1.82, 2.24) is 24.6 Å². The molecule has 5 aromatic rings. The van der Waals surface area contributed by atoms with Crippen LogP contribution in [0.15, 0.2) is 41.3 Å². The topological polar surface area (TPSA) is 144 Å². The van der Waals surface area contributed by atoms with Crippen LogP contribution in [0.2, 0.25) is 0 Å². The Kier molecular flexibility index (Phi) is 5.16. The Balaban J connectivity index is 1.79. The summed E-state index contributed by atoms with van der Waals surface area (Å²) in [7, 11) is 2.94. The molecule has 14 heteroatoms. The van der Waals surface area contributed by atoms with Crippen molar-refractivity contribution in [1.29, 1.82) is 0 Å². The highest BCUT2D eigenvalue weighted by atomic mass is 19.4. The van der Waals surface area contributed by atoms with Crippen molar-refractivity contribution in [3.63, 3.8) is 0 Å². The summed E-state index contributed by atoms with van der Waals surface area (Å²) in [6.07, 6.45) is -3.49. The first-order valence-electron chi connectivity index (χ1n) is 10.1. The third-order valence-electron chi connectivity index (χ3n) is 5.39. The molecule has 0 aliphatic carbocycles. The first kappa shape index (κ1) is 22.9. The van der Waals surface area contributed by atoms with Gasteiger partial charge in [0.25, 0.3) is 5.56 Å². The second-order valence-electron chi connectivity index (χ2n) is 7.59. The Labute approximate surface area is 198 Å². The zero-order valence-electron chi connectivity index (χ0n) is 18.5. The van der Waals surface area contributed by atoms with Gasteiger partial charge in [-0.3, -0.25) is 4.79 Å². The SMILES string of the molecule is COc1cc(Nc2ncc3c4cc(C(=O)O)c(=O)[nH]c4c4cc(C(F)(F)F)nn4c3n2)cc(OC)c1. The average molecular weight is 500 g/mol. The zero-order chi connectivity index (χ0) is 25.8. The van der Waals surface area contributed by atoms with Gasteiger partial charge in [0.1, 0.15) is 17.1 Å². The minimum Gasteiger partial charge on any atom is -0.497 e. The maximum Gasteiger partial charge on any atom is 0.435 e. The molecule has 4 aromatic heterocycles. The number of pyridine rings is 2. The number of rotatable bonds is 5. The van der Waals surface area contributed by atoms with Gasteiger partial charge in [0.15, 0.2) is 11.3 Å². The Morgan fingerprint density at radius 2 is 1.78 bits per heavy atom. The first-order chi connectivity index (χ1) is 17.1.